The van der Waals surface area contributed by atoms with Crippen LogP contribution in [0.4, 0.5) is 0 Å². The molecule has 0 saturated carbocycles. The monoisotopic (exact) mass is 700 g/mol. The maximum Gasteiger partial charge on any atom is 0.180 e. The van der Waals surface area contributed by atoms with E-state index in [-0.39, 0.29) is 0 Å². The average Bonchev–Trinajstić information content (AvgIpc) is 3.92. The molecule has 3 aromatic heterocycles. The van der Waals surface area contributed by atoms with Gasteiger partial charge in [0.15, 0.2) is 11.5 Å². The van der Waals surface area contributed by atoms with Crippen LogP contribution in [0.1, 0.15) is 0 Å². The molecule has 0 aliphatic rings. The van der Waals surface area contributed by atoms with Crippen molar-refractivity contribution >= 4 is 69.0 Å². The van der Waals surface area contributed by atoms with Crippen LogP contribution in [-0.4, -0.2) is 8.75 Å². The van der Waals surface area contributed by atoms with E-state index >= 15 is 0 Å². The van der Waals surface area contributed by atoms with Crippen molar-refractivity contribution in [3.63, 3.8) is 0 Å². The Bertz CT molecular complexity index is 2060. The van der Waals surface area contributed by atoms with E-state index in [1.54, 1.807) is 46.2 Å². The minimum absolute atomic E-state index is 0.589. The number of nitrogens with zero attached hydrogens (tertiary/aromatic N) is 2. The second-order valence-corrected chi connectivity index (χ2v) is 15.5. The smallest absolute Gasteiger partial charge is 0.180 e. The molecule has 0 radical (unpaired) electrons. The van der Waals surface area contributed by atoms with E-state index in [1.807, 2.05) is 60.7 Å². The number of hydrogen-bond acceptors (Lipinski definition) is 9. The largest absolute Gasteiger partial charge is 0.453 e. The molecule has 5 aromatic carbocycles. The van der Waals surface area contributed by atoms with Crippen molar-refractivity contribution in [3.05, 3.63) is 144 Å². The van der Waals surface area contributed by atoms with Crippen LogP contribution >= 0.6 is 57.9 Å². The molecule has 0 aliphatic heterocycles. The lowest BCUT2D eigenvalue weighted by Gasteiger charge is -2.21. The van der Waals surface area contributed by atoms with Crippen molar-refractivity contribution in [2.45, 2.75) is 18.2 Å². The summed E-state index contributed by atoms with van der Waals surface area (Å²) in [4.78, 5) is 2.32. The molecule has 47 heavy (non-hydrogen) atoms. The number of thiophene rings is 2. The third kappa shape index (κ3) is 6.58. The molecule has 0 aliphatic carbocycles. The summed E-state index contributed by atoms with van der Waals surface area (Å²) in [5.74, 6) is 2.58. The fraction of sp³-hybridized carbons (Fsp3) is 0. The first-order chi connectivity index (χ1) is 23.3. The zero-order chi connectivity index (χ0) is 31.4. The summed E-state index contributed by atoms with van der Waals surface area (Å²) in [6.45, 7) is 0. The SMILES string of the molecule is c1ccc(Oc2c(Oc3ccccc3)c(-c3ccc(Sc4cccs4)cc3)c3nsnc3c2-c2ccc(Sc3cccs3)cc2)cc1. The van der Waals surface area contributed by atoms with Crippen molar-refractivity contribution in [1.29, 1.82) is 0 Å². The molecular weight excluding hydrogens is 677 g/mol. The molecule has 0 saturated heterocycles. The van der Waals surface area contributed by atoms with Gasteiger partial charge >= 0.3 is 0 Å². The van der Waals surface area contributed by atoms with Crippen LogP contribution in [0, 0.1) is 0 Å². The molecule has 3 heterocycles. The molecule has 0 spiro atoms. The quantitative estimate of drug-likeness (QED) is 0.141. The first kappa shape index (κ1) is 30.0. The van der Waals surface area contributed by atoms with Gasteiger partial charge in [0.1, 0.15) is 22.5 Å². The van der Waals surface area contributed by atoms with Crippen LogP contribution < -0.4 is 9.47 Å². The van der Waals surface area contributed by atoms with Crippen molar-refractivity contribution in [2.75, 3.05) is 0 Å². The van der Waals surface area contributed by atoms with E-state index in [0.717, 1.165) is 43.1 Å². The Morgan fingerprint density at radius 1 is 0.447 bits per heavy atom. The lowest BCUT2D eigenvalue weighted by atomic mass is 9.95. The molecule has 0 unspecified atom stereocenters. The maximum absolute atomic E-state index is 6.82. The topological polar surface area (TPSA) is 44.2 Å². The minimum Gasteiger partial charge on any atom is -0.453 e. The molecule has 0 N–H and O–H groups in total. The summed E-state index contributed by atoms with van der Waals surface area (Å²) in [7, 11) is 0. The maximum atomic E-state index is 6.82. The van der Waals surface area contributed by atoms with E-state index in [1.165, 1.54) is 20.1 Å². The number of ether oxygens (including phenoxy) is 2. The Hall–Kier alpha value is -4.38. The third-order valence-electron chi connectivity index (χ3n) is 7.26. The van der Waals surface area contributed by atoms with E-state index in [4.69, 9.17) is 18.2 Å². The summed E-state index contributed by atoms with van der Waals surface area (Å²) in [6, 6.07) is 45.2. The number of aromatic nitrogens is 2. The Morgan fingerprint density at radius 2 is 0.872 bits per heavy atom. The van der Waals surface area contributed by atoms with Gasteiger partial charge in [-0.1, -0.05) is 96.3 Å². The summed E-state index contributed by atoms with van der Waals surface area (Å²) in [5, 5.41) is 4.20. The van der Waals surface area contributed by atoms with Gasteiger partial charge < -0.3 is 9.47 Å². The summed E-state index contributed by atoms with van der Waals surface area (Å²) in [5.41, 5.74) is 5.15. The van der Waals surface area contributed by atoms with E-state index in [9.17, 15) is 0 Å². The van der Waals surface area contributed by atoms with Crippen LogP contribution in [0.3, 0.4) is 0 Å². The van der Waals surface area contributed by atoms with Crippen molar-refractivity contribution in [2.24, 2.45) is 0 Å². The van der Waals surface area contributed by atoms with Crippen LogP contribution in [0.2, 0.25) is 0 Å². The summed E-state index contributed by atoms with van der Waals surface area (Å²) in [6.07, 6.45) is 0. The second kappa shape index (κ2) is 13.8. The van der Waals surface area contributed by atoms with Crippen molar-refractivity contribution in [3.8, 4) is 45.3 Å². The zero-order valence-corrected chi connectivity index (χ0v) is 28.7. The molecule has 4 nitrogen and oxygen atoms in total. The lowest BCUT2D eigenvalue weighted by Crippen LogP contribution is -1.98. The average molecular weight is 701 g/mol. The highest BCUT2D eigenvalue weighted by Crippen LogP contribution is 2.53. The molecule has 0 amide bonds. The summed E-state index contributed by atoms with van der Waals surface area (Å²) < 4.78 is 25.9. The number of hydrogen-bond donors (Lipinski definition) is 0. The van der Waals surface area contributed by atoms with Gasteiger partial charge in [0.25, 0.3) is 0 Å². The van der Waals surface area contributed by atoms with E-state index < -0.39 is 0 Å². The normalized spacial score (nSPS) is 11.1. The van der Waals surface area contributed by atoms with Gasteiger partial charge in [0, 0.05) is 9.79 Å². The van der Waals surface area contributed by atoms with Gasteiger partial charge in [-0.3, -0.25) is 0 Å². The van der Waals surface area contributed by atoms with Crippen LogP contribution in [0.15, 0.2) is 162 Å². The Morgan fingerprint density at radius 3 is 1.26 bits per heavy atom. The summed E-state index contributed by atoms with van der Waals surface area (Å²) >= 11 is 8.18. The highest BCUT2D eigenvalue weighted by molar-refractivity contribution is 8.01. The van der Waals surface area contributed by atoms with E-state index in [2.05, 4.69) is 83.6 Å². The molecule has 228 valence electrons. The fourth-order valence-corrected chi connectivity index (χ4v) is 9.21. The minimum atomic E-state index is 0.589. The predicted molar refractivity (Wildman–Crippen MR) is 198 cm³/mol. The van der Waals surface area contributed by atoms with Crippen LogP contribution in [0.25, 0.3) is 33.3 Å². The van der Waals surface area contributed by atoms with Crippen LogP contribution in [0.5, 0.6) is 23.0 Å². The molecule has 8 aromatic rings. The highest BCUT2D eigenvalue weighted by atomic mass is 32.2. The molecule has 8 rings (SSSR count). The van der Waals surface area contributed by atoms with E-state index in [0.29, 0.717) is 23.0 Å². The van der Waals surface area contributed by atoms with Gasteiger partial charge in [0.05, 0.1) is 31.3 Å². The highest BCUT2D eigenvalue weighted by Gasteiger charge is 2.28. The first-order valence-electron chi connectivity index (χ1n) is 14.7. The fourth-order valence-electron chi connectivity index (χ4n) is 5.16. The lowest BCUT2D eigenvalue weighted by molar-refractivity contribution is 0.422. The third-order valence-corrected chi connectivity index (χ3v) is 11.9. The van der Waals surface area contributed by atoms with Gasteiger partial charge in [-0.2, -0.15) is 8.75 Å². The van der Waals surface area contributed by atoms with Gasteiger partial charge in [0.2, 0.25) is 0 Å². The number of rotatable bonds is 10. The Kier molecular flexibility index (Phi) is 8.78. The zero-order valence-electron chi connectivity index (χ0n) is 24.6. The van der Waals surface area contributed by atoms with Gasteiger partial charge in [-0.15, -0.1) is 22.7 Å². The Balaban J connectivity index is 1.32. The van der Waals surface area contributed by atoms with Gasteiger partial charge in [-0.05, 0) is 82.6 Å². The molecule has 0 atom stereocenters. The molecule has 0 fully saturated rings. The standard InChI is InChI=1S/C38H24N2O2S5/c1-3-9-27(10-4-1)41-37-33(25-15-19-29(20-16-25)45-31-13-7-23-43-31)35-36(40-47-39-35)34(38(37)42-28-11-5-2-6-12-28)26-17-21-30(22-18-26)46-32-14-8-24-44-32/h1-24H. The number of fused-ring (bicyclic) bond motifs is 1. The van der Waals surface area contributed by atoms with Crippen molar-refractivity contribution in [1.82, 2.24) is 8.75 Å². The Labute approximate surface area is 293 Å². The first-order valence-corrected chi connectivity index (χ1v) is 18.8. The predicted octanol–water partition coefficient (Wildman–Crippen LogP) is 13.0. The van der Waals surface area contributed by atoms with Crippen LogP contribution in [-0.2, 0) is 0 Å². The molecule has 0 bridgehead atoms. The van der Waals surface area contributed by atoms with Gasteiger partial charge in [-0.25, -0.2) is 0 Å². The molecular formula is C38H24N2O2S5. The second-order valence-electron chi connectivity index (χ2n) is 10.3. The number of para-hydroxylation sites is 2. The number of benzene rings is 5. The molecule has 9 heteroatoms. The van der Waals surface area contributed by atoms with Crippen molar-refractivity contribution < 1.29 is 9.47 Å².